The minimum atomic E-state index is 0.0617. The van der Waals surface area contributed by atoms with Crippen LogP contribution >= 0.6 is 11.3 Å². The number of carbonyl (C=O) groups excluding carboxylic acids is 1. The second-order valence-electron chi connectivity index (χ2n) is 6.82. The SMILES string of the molecule is Cc1csc(N2CCN(CC(=O)Nc3ccccc3C(C)C)CC2)n1. The van der Waals surface area contributed by atoms with Gasteiger partial charge in [0.1, 0.15) is 0 Å². The van der Waals surface area contributed by atoms with Crippen molar-refractivity contribution in [2.75, 3.05) is 42.9 Å². The molecule has 0 bridgehead atoms. The fourth-order valence-electron chi connectivity index (χ4n) is 3.09. The third-order valence-corrected chi connectivity index (χ3v) is 5.49. The van der Waals surface area contributed by atoms with E-state index in [1.165, 1.54) is 5.56 Å². The third-order valence-electron chi connectivity index (χ3n) is 4.47. The Morgan fingerprint density at radius 1 is 1.24 bits per heavy atom. The molecular formula is C19H26N4OS. The van der Waals surface area contributed by atoms with E-state index in [9.17, 15) is 4.79 Å². The first-order chi connectivity index (χ1) is 12.0. The van der Waals surface area contributed by atoms with Crippen LogP contribution in [0.15, 0.2) is 29.6 Å². The minimum Gasteiger partial charge on any atom is -0.346 e. The van der Waals surface area contributed by atoms with Crippen LogP contribution in [0, 0.1) is 6.92 Å². The largest absolute Gasteiger partial charge is 0.346 e. The van der Waals surface area contributed by atoms with Gasteiger partial charge in [0.25, 0.3) is 0 Å². The van der Waals surface area contributed by atoms with Crippen LogP contribution < -0.4 is 10.2 Å². The number of amides is 1. The smallest absolute Gasteiger partial charge is 0.238 e. The number of anilines is 2. The van der Waals surface area contributed by atoms with Gasteiger partial charge in [-0.05, 0) is 24.5 Å². The molecule has 1 aromatic carbocycles. The highest BCUT2D eigenvalue weighted by Crippen LogP contribution is 2.24. The molecule has 5 nitrogen and oxygen atoms in total. The Morgan fingerprint density at radius 2 is 1.96 bits per heavy atom. The number of benzene rings is 1. The lowest BCUT2D eigenvalue weighted by Crippen LogP contribution is -2.48. The van der Waals surface area contributed by atoms with Crippen molar-refractivity contribution in [3.05, 3.63) is 40.9 Å². The molecular weight excluding hydrogens is 332 g/mol. The Hall–Kier alpha value is -1.92. The van der Waals surface area contributed by atoms with Gasteiger partial charge in [-0.15, -0.1) is 11.3 Å². The van der Waals surface area contributed by atoms with Gasteiger partial charge in [-0.1, -0.05) is 32.0 Å². The topological polar surface area (TPSA) is 48.5 Å². The van der Waals surface area contributed by atoms with Gasteiger partial charge in [-0.3, -0.25) is 9.69 Å². The molecule has 0 spiro atoms. The first-order valence-corrected chi connectivity index (χ1v) is 9.69. The maximum atomic E-state index is 12.4. The van der Waals surface area contributed by atoms with E-state index in [4.69, 9.17) is 0 Å². The van der Waals surface area contributed by atoms with Crippen LogP contribution in [0.3, 0.4) is 0 Å². The average Bonchev–Trinajstić information content (AvgIpc) is 3.02. The van der Waals surface area contributed by atoms with Crippen molar-refractivity contribution in [2.45, 2.75) is 26.7 Å². The lowest BCUT2D eigenvalue weighted by molar-refractivity contribution is -0.117. The van der Waals surface area contributed by atoms with Crippen molar-refractivity contribution < 1.29 is 4.79 Å². The number of para-hydroxylation sites is 1. The predicted octanol–water partition coefficient (Wildman–Crippen LogP) is 3.34. The van der Waals surface area contributed by atoms with Crippen LogP contribution in [0.4, 0.5) is 10.8 Å². The van der Waals surface area contributed by atoms with Crippen molar-refractivity contribution in [3.63, 3.8) is 0 Å². The maximum absolute atomic E-state index is 12.4. The molecule has 25 heavy (non-hydrogen) atoms. The van der Waals surface area contributed by atoms with Crippen molar-refractivity contribution >= 4 is 28.1 Å². The quantitative estimate of drug-likeness (QED) is 0.891. The monoisotopic (exact) mass is 358 g/mol. The van der Waals surface area contributed by atoms with E-state index in [0.717, 1.165) is 42.7 Å². The summed E-state index contributed by atoms with van der Waals surface area (Å²) in [6, 6.07) is 8.05. The van der Waals surface area contributed by atoms with Gasteiger partial charge in [0, 0.05) is 37.2 Å². The number of nitrogens with one attached hydrogen (secondary N) is 1. The molecule has 1 aliphatic rings. The van der Waals surface area contributed by atoms with E-state index < -0.39 is 0 Å². The molecule has 1 fully saturated rings. The van der Waals surface area contributed by atoms with Crippen LogP contribution in [-0.4, -0.2) is 48.5 Å². The Bertz CT molecular complexity index is 720. The second-order valence-corrected chi connectivity index (χ2v) is 7.66. The van der Waals surface area contributed by atoms with E-state index in [0.29, 0.717) is 12.5 Å². The Labute approximate surface area is 153 Å². The zero-order valence-corrected chi connectivity index (χ0v) is 16.0. The lowest BCUT2D eigenvalue weighted by Gasteiger charge is -2.34. The Morgan fingerprint density at radius 3 is 2.60 bits per heavy atom. The number of nitrogens with zero attached hydrogens (tertiary/aromatic N) is 3. The van der Waals surface area contributed by atoms with E-state index in [-0.39, 0.29) is 5.91 Å². The van der Waals surface area contributed by atoms with Crippen LogP contribution in [0.2, 0.25) is 0 Å². The molecule has 2 aromatic rings. The molecule has 0 aliphatic carbocycles. The highest BCUT2D eigenvalue weighted by molar-refractivity contribution is 7.13. The van der Waals surface area contributed by atoms with Gasteiger partial charge >= 0.3 is 0 Å². The van der Waals surface area contributed by atoms with Gasteiger partial charge in [-0.25, -0.2) is 4.98 Å². The maximum Gasteiger partial charge on any atom is 0.238 e. The molecule has 2 heterocycles. The molecule has 0 unspecified atom stereocenters. The predicted molar refractivity (Wildman–Crippen MR) is 105 cm³/mol. The summed E-state index contributed by atoms with van der Waals surface area (Å²) in [6.07, 6.45) is 0. The molecule has 0 atom stereocenters. The Balaban J connectivity index is 1.51. The van der Waals surface area contributed by atoms with Crippen LogP contribution in [-0.2, 0) is 4.79 Å². The summed E-state index contributed by atoms with van der Waals surface area (Å²) in [4.78, 5) is 21.5. The third kappa shape index (κ3) is 4.58. The van der Waals surface area contributed by atoms with Crippen LogP contribution in [0.1, 0.15) is 31.0 Å². The number of hydrogen-bond donors (Lipinski definition) is 1. The molecule has 1 N–H and O–H groups in total. The summed E-state index contributed by atoms with van der Waals surface area (Å²) >= 11 is 1.69. The fourth-order valence-corrected chi connectivity index (χ4v) is 3.95. The number of aromatic nitrogens is 1. The molecule has 0 saturated carbocycles. The van der Waals surface area contributed by atoms with E-state index >= 15 is 0 Å². The summed E-state index contributed by atoms with van der Waals surface area (Å²) in [7, 11) is 0. The zero-order valence-electron chi connectivity index (χ0n) is 15.2. The number of hydrogen-bond acceptors (Lipinski definition) is 5. The normalized spacial score (nSPS) is 15.6. The first-order valence-electron chi connectivity index (χ1n) is 8.81. The molecule has 1 saturated heterocycles. The second kappa shape index (κ2) is 7.97. The summed E-state index contributed by atoms with van der Waals surface area (Å²) in [5.41, 5.74) is 3.19. The van der Waals surface area contributed by atoms with Gasteiger partial charge in [0.2, 0.25) is 5.91 Å². The van der Waals surface area contributed by atoms with Crippen LogP contribution in [0.25, 0.3) is 0 Å². The number of thiazole rings is 1. The summed E-state index contributed by atoms with van der Waals surface area (Å²) in [6.45, 7) is 10.4. The van der Waals surface area contributed by atoms with E-state index in [1.807, 2.05) is 25.1 Å². The molecule has 3 rings (SSSR count). The van der Waals surface area contributed by atoms with E-state index in [2.05, 4.69) is 45.4 Å². The zero-order chi connectivity index (χ0) is 17.8. The van der Waals surface area contributed by atoms with Crippen molar-refractivity contribution in [1.82, 2.24) is 9.88 Å². The molecule has 1 aliphatic heterocycles. The highest BCUT2D eigenvalue weighted by atomic mass is 32.1. The average molecular weight is 359 g/mol. The molecule has 1 amide bonds. The van der Waals surface area contributed by atoms with Gasteiger partial charge in [0.15, 0.2) is 5.13 Å². The molecule has 0 radical (unpaired) electrons. The fraction of sp³-hybridized carbons (Fsp3) is 0.474. The van der Waals surface area contributed by atoms with Crippen molar-refractivity contribution in [3.8, 4) is 0 Å². The number of rotatable bonds is 5. The number of carbonyl (C=O) groups is 1. The standard InChI is InChI=1S/C19H26N4OS/c1-14(2)16-6-4-5-7-17(16)21-18(24)12-22-8-10-23(11-9-22)19-20-15(3)13-25-19/h4-7,13-14H,8-12H2,1-3H3,(H,21,24). The lowest BCUT2D eigenvalue weighted by atomic mass is 10.0. The van der Waals surface area contributed by atoms with Crippen molar-refractivity contribution in [2.24, 2.45) is 0 Å². The number of aryl methyl sites for hydroxylation is 1. The summed E-state index contributed by atoms with van der Waals surface area (Å²) in [5.74, 6) is 0.452. The summed E-state index contributed by atoms with van der Waals surface area (Å²) in [5, 5.41) is 6.26. The molecule has 1 aromatic heterocycles. The van der Waals surface area contributed by atoms with Gasteiger partial charge in [0.05, 0.1) is 12.2 Å². The van der Waals surface area contributed by atoms with E-state index in [1.54, 1.807) is 11.3 Å². The van der Waals surface area contributed by atoms with Crippen molar-refractivity contribution in [1.29, 1.82) is 0 Å². The Kier molecular flexibility index (Phi) is 5.71. The molecule has 6 heteroatoms. The minimum absolute atomic E-state index is 0.0617. The summed E-state index contributed by atoms with van der Waals surface area (Å²) < 4.78 is 0. The molecule has 134 valence electrons. The van der Waals surface area contributed by atoms with Gasteiger partial charge in [-0.2, -0.15) is 0 Å². The van der Waals surface area contributed by atoms with Crippen LogP contribution in [0.5, 0.6) is 0 Å². The number of piperazine rings is 1. The van der Waals surface area contributed by atoms with Gasteiger partial charge < -0.3 is 10.2 Å². The highest BCUT2D eigenvalue weighted by Gasteiger charge is 2.21. The first kappa shape index (κ1) is 17.9.